The second-order valence-corrected chi connectivity index (χ2v) is 6.75. The zero-order valence-corrected chi connectivity index (χ0v) is 13.6. The number of aryl methyl sites for hydroxylation is 1. The van der Waals surface area contributed by atoms with E-state index in [-0.39, 0.29) is 0 Å². The van der Waals surface area contributed by atoms with Crippen molar-refractivity contribution in [3.8, 4) is 0 Å². The Balaban J connectivity index is 1.85. The molecule has 0 aromatic heterocycles. The lowest BCUT2D eigenvalue weighted by Crippen LogP contribution is -2.56. The summed E-state index contributed by atoms with van der Waals surface area (Å²) in [6.45, 7) is 5.63. The van der Waals surface area contributed by atoms with Crippen LogP contribution in [0, 0.1) is 0 Å². The Bertz CT molecular complexity index is 443. The first-order valence-electron chi connectivity index (χ1n) is 8.93. The lowest BCUT2D eigenvalue weighted by Gasteiger charge is -2.51. The van der Waals surface area contributed by atoms with E-state index in [0.29, 0.717) is 0 Å². The van der Waals surface area contributed by atoms with Crippen LogP contribution in [0.15, 0.2) is 24.3 Å². The summed E-state index contributed by atoms with van der Waals surface area (Å²) in [5.74, 6) is 0. The van der Waals surface area contributed by atoms with Gasteiger partial charge in [0.05, 0.1) is 0 Å². The van der Waals surface area contributed by atoms with Crippen LogP contribution in [-0.4, -0.2) is 24.7 Å². The Morgan fingerprint density at radius 1 is 1.10 bits per heavy atom. The number of hydrogen-bond donors (Lipinski definition) is 1. The number of piperidine rings is 2. The van der Waals surface area contributed by atoms with Crippen molar-refractivity contribution in [1.29, 1.82) is 0 Å². The van der Waals surface area contributed by atoms with Gasteiger partial charge in [0.25, 0.3) is 0 Å². The van der Waals surface area contributed by atoms with Crippen LogP contribution in [0.5, 0.6) is 0 Å². The van der Waals surface area contributed by atoms with Crippen molar-refractivity contribution in [2.75, 3.05) is 11.4 Å². The SMILES string of the molecule is CCCc1ccccc1N1C2CCCC1CC(NCC)C2. The summed E-state index contributed by atoms with van der Waals surface area (Å²) in [6.07, 6.45) is 9.26. The standard InChI is InChI=1S/C19H30N2/c1-3-8-15-9-5-6-12-19(15)21-17-10-7-11-18(21)14-16(13-17)20-4-2/h5-6,9,12,16-18,20H,3-4,7-8,10-11,13-14H2,1-2H3. The van der Waals surface area contributed by atoms with Gasteiger partial charge in [0.1, 0.15) is 0 Å². The molecular formula is C19H30N2. The fourth-order valence-electron chi connectivity index (χ4n) is 4.47. The van der Waals surface area contributed by atoms with Crippen LogP contribution < -0.4 is 10.2 Å². The average Bonchev–Trinajstić information content (AvgIpc) is 2.48. The predicted octanol–water partition coefficient (Wildman–Crippen LogP) is 4.14. The van der Waals surface area contributed by atoms with E-state index in [0.717, 1.165) is 24.7 Å². The fourth-order valence-corrected chi connectivity index (χ4v) is 4.47. The molecular weight excluding hydrogens is 256 g/mol. The van der Waals surface area contributed by atoms with Gasteiger partial charge in [0.2, 0.25) is 0 Å². The quantitative estimate of drug-likeness (QED) is 0.875. The summed E-state index contributed by atoms with van der Waals surface area (Å²) in [5, 5.41) is 3.70. The lowest BCUT2D eigenvalue weighted by atomic mass is 9.81. The third-order valence-electron chi connectivity index (χ3n) is 5.26. The summed E-state index contributed by atoms with van der Waals surface area (Å²) in [4.78, 5) is 2.79. The molecule has 0 spiro atoms. The number of hydrogen-bond acceptors (Lipinski definition) is 2. The number of nitrogens with zero attached hydrogens (tertiary/aromatic N) is 1. The fraction of sp³-hybridized carbons (Fsp3) is 0.684. The van der Waals surface area contributed by atoms with Gasteiger partial charge in [-0.3, -0.25) is 0 Å². The van der Waals surface area contributed by atoms with Gasteiger partial charge >= 0.3 is 0 Å². The van der Waals surface area contributed by atoms with Crippen molar-refractivity contribution in [3.63, 3.8) is 0 Å². The molecule has 0 radical (unpaired) electrons. The van der Waals surface area contributed by atoms with Gasteiger partial charge < -0.3 is 10.2 Å². The van der Waals surface area contributed by atoms with Crippen molar-refractivity contribution in [3.05, 3.63) is 29.8 Å². The van der Waals surface area contributed by atoms with E-state index in [1.54, 1.807) is 5.56 Å². The van der Waals surface area contributed by atoms with Gasteiger partial charge in [0, 0.05) is 23.8 Å². The van der Waals surface area contributed by atoms with E-state index >= 15 is 0 Å². The van der Waals surface area contributed by atoms with E-state index in [1.165, 1.54) is 50.6 Å². The van der Waals surface area contributed by atoms with Crippen molar-refractivity contribution >= 4 is 5.69 Å². The zero-order chi connectivity index (χ0) is 14.7. The molecule has 2 nitrogen and oxygen atoms in total. The van der Waals surface area contributed by atoms with Crippen LogP contribution in [0.2, 0.25) is 0 Å². The molecule has 3 rings (SSSR count). The largest absolute Gasteiger partial charge is 0.365 e. The lowest BCUT2D eigenvalue weighted by molar-refractivity contribution is 0.247. The Morgan fingerprint density at radius 3 is 2.48 bits per heavy atom. The summed E-state index contributed by atoms with van der Waals surface area (Å²) in [7, 11) is 0. The molecule has 2 aliphatic rings. The first kappa shape index (κ1) is 14.9. The van der Waals surface area contributed by atoms with E-state index in [9.17, 15) is 0 Å². The molecule has 2 fully saturated rings. The van der Waals surface area contributed by atoms with Gasteiger partial charge in [-0.2, -0.15) is 0 Å². The zero-order valence-electron chi connectivity index (χ0n) is 13.6. The van der Waals surface area contributed by atoms with Gasteiger partial charge in [-0.1, -0.05) is 38.5 Å². The molecule has 0 saturated carbocycles. The molecule has 0 amide bonds. The monoisotopic (exact) mass is 286 g/mol. The van der Waals surface area contributed by atoms with Crippen LogP contribution in [0.3, 0.4) is 0 Å². The average molecular weight is 286 g/mol. The highest BCUT2D eigenvalue weighted by Crippen LogP contribution is 2.39. The number of benzene rings is 1. The highest BCUT2D eigenvalue weighted by molar-refractivity contribution is 5.56. The van der Waals surface area contributed by atoms with Crippen LogP contribution >= 0.6 is 0 Å². The van der Waals surface area contributed by atoms with Gasteiger partial charge in [-0.05, 0) is 56.7 Å². The number of fused-ring (bicyclic) bond motifs is 2. The van der Waals surface area contributed by atoms with E-state index in [4.69, 9.17) is 0 Å². The molecule has 2 aliphatic heterocycles. The van der Waals surface area contributed by atoms with Crippen LogP contribution in [0.1, 0.15) is 57.9 Å². The highest BCUT2D eigenvalue weighted by atomic mass is 15.2. The topological polar surface area (TPSA) is 15.3 Å². The second-order valence-electron chi connectivity index (χ2n) is 6.75. The molecule has 1 aromatic rings. The molecule has 2 atom stereocenters. The van der Waals surface area contributed by atoms with Gasteiger partial charge in [-0.15, -0.1) is 0 Å². The molecule has 1 aromatic carbocycles. The number of nitrogens with one attached hydrogen (secondary N) is 1. The summed E-state index contributed by atoms with van der Waals surface area (Å²) < 4.78 is 0. The summed E-state index contributed by atoms with van der Waals surface area (Å²) in [5.41, 5.74) is 3.09. The minimum Gasteiger partial charge on any atom is -0.365 e. The molecule has 1 N–H and O–H groups in total. The molecule has 21 heavy (non-hydrogen) atoms. The normalized spacial score (nSPS) is 28.7. The number of para-hydroxylation sites is 1. The summed E-state index contributed by atoms with van der Waals surface area (Å²) >= 11 is 0. The molecule has 2 heteroatoms. The molecule has 0 aliphatic carbocycles. The van der Waals surface area contributed by atoms with Crippen molar-refractivity contribution < 1.29 is 0 Å². The highest BCUT2D eigenvalue weighted by Gasteiger charge is 2.38. The molecule has 2 bridgehead atoms. The Labute approximate surface area is 129 Å². The molecule has 116 valence electrons. The Morgan fingerprint density at radius 2 is 1.81 bits per heavy atom. The van der Waals surface area contributed by atoms with Crippen LogP contribution in [-0.2, 0) is 6.42 Å². The first-order valence-corrected chi connectivity index (χ1v) is 8.93. The maximum absolute atomic E-state index is 3.70. The van der Waals surface area contributed by atoms with Gasteiger partial charge in [-0.25, -0.2) is 0 Å². The van der Waals surface area contributed by atoms with Crippen molar-refractivity contribution in [2.24, 2.45) is 0 Å². The van der Waals surface area contributed by atoms with E-state index in [1.807, 2.05) is 0 Å². The van der Waals surface area contributed by atoms with Crippen molar-refractivity contribution in [1.82, 2.24) is 5.32 Å². The third-order valence-corrected chi connectivity index (χ3v) is 5.26. The minimum atomic E-state index is 0.736. The maximum Gasteiger partial charge on any atom is 0.0403 e. The van der Waals surface area contributed by atoms with Crippen LogP contribution in [0.4, 0.5) is 5.69 Å². The maximum atomic E-state index is 3.70. The second kappa shape index (κ2) is 6.83. The van der Waals surface area contributed by atoms with E-state index < -0.39 is 0 Å². The first-order chi connectivity index (χ1) is 10.3. The summed E-state index contributed by atoms with van der Waals surface area (Å²) in [6, 6.07) is 11.4. The van der Waals surface area contributed by atoms with Crippen molar-refractivity contribution in [2.45, 2.75) is 76.9 Å². The predicted molar refractivity (Wildman–Crippen MR) is 91.0 cm³/mol. The molecule has 2 unspecified atom stereocenters. The Kier molecular flexibility index (Phi) is 4.84. The van der Waals surface area contributed by atoms with Gasteiger partial charge in [0.15, 0.2) is 0 Å². The number of rotatable bonds is 5. The third kappa shape index (κ3) is 3.11. The Hall–Kier alpha value is -1.02. The van der Waals surface area contributed by atoms with Crippen LogP contribution in [0.25, 0.3) is 0 Å². The number of anilines is 1. The molecule has 2 heterocycles. The smallest absolute Gasteiger partial charge is 0.0403 e. The molecule has 2 saturated heterocycles. The van der Waals surface area contributed by atoms with E-state index in [2.05, 4.69) is 48.3 Å². The minimum absolute atomic E-state index is 0.736.